The summed E-state index contributed by atoms with van der Waals surface area (Å²) in [6, 6.07) is 18.9. The van der Waals surface area contributed by atoms with Crippen molar-refractivity contribution in [3.05, 3.63) is 83.7 Å². The number of piperidine rings is 1. The minimum Gasteiger partial charge on any atom is -0.393 e. The topological polar surface area (TPSA) is 68.9 Å². The molecule has 2 N–H and O–H groups in total. The SMILES string of the molecule is CN=C(NCc1ccc(CN2CCC(O)CC2)cc1)N(C)Cc1cnn(-c2ccccc2)c1.I. The van der Waals surface area contributed by atoms with E-state index in [4.69, 9.17) is 0 Å². The Hall–Kier alpha value is -2.43. The first-order chi connectivity index (χ1) is 16.1. The molecule has 8 heteroatoms. The largest absolute Gasteiger partial charge is 0.393 e. The first-order valence-electron chi connectivity index (χ1n) is 11.6. The van der Waals surface area contributed by atoms with E-state index in [9.17, 15) is 5.11 Å². The van der Waals surface area contributed by atoms with Crippen molar-refractivity contribution in [1.29, 1.82) is 0 Å². The Morgan fingerprint density at radius 2 is 1.74 bits per heavy atom. The molecule has 0 aliphatic carbocycles. The zero-order valence-corrected chi connectivity index (χ0v) is 22.3. The number of hydrogen-bond acceptors (Lipinski definition) is 4. The average Bonchev–Trinajstić information content (AvgIpc) is 3.31. The molecule has 1 aliphatic rings. The number of benzene rings is 2. The van der Waals surface area contributed by atoms with E-state index in [1.807, 2.05) is 55.3 Å². The van der Waals surface area contributed by atoms with Crippen LogP contribution < -0.4 is 5.32 Å². The molecule has 0 amide bonds. The van der Waals surface area contributed by atoms with Crippen molar-refractivity contribution in [3.63, 3.8) is 0 Å². The van der Waals surface area contributed by atoms with E-state index in [2.05, 4.69) is 55.7 Å². The highest BCUT2D eigenvalue weighted by molar-refractivity contribution is 14.0. The maximum atomic E-state index is 9.67. The van der Waals surface area contributed by atoms with Gasteiger partial charge >= 0.3 is 0 Å². The standard InChI is InChI=1S/C26H34N6O.HI/c1-27-26(30(2)18-23-17-29-32(20-23)24-6-4-3-5-7-24)28-16-21-8-10-22(11-9-21)19-31-14-12-25(33)13-15-31;/h3-11,17,20,25,33H,12-16,18-19H2,1-2H3,(H,27,28);1H. The van der Waals surface area contributed by atoms with Crippen molar-refractivity contribution < 1.29 is 5.11 Å². The van der Waals surface area contributed by atoms with E-state index in [1.165, 1.54) is 11.1 Å². The third-order valence-electron chi connectivity index (χ3n) is 6.09. The number of halogens is 1. The molecule has 3 aromatic rings. The van der Waals surface area contributed by atoms with Crippen LogP contribution in [0.5, 0.6) is 0 Å². The number of para-hydroxylation sites is 1. The van der Waals surface area contributed by atoms with E-state index in [0.717, 1.165) is 62.8 Å². The van der Waals surface area contributed by atoms with Gasteiger partial charge in [-0.25, -0.2) is 4.68 Å². The number of aromatic nitrogens is 2. The van der Waals surface area contributed by atoms with E-state index >= 15 is 0 Å². The number of guanidine groups is 1. The summed E-state index contributed by atoms with van der Waals surface area (Å²) in [5, 5.41) is 17.6. The molecule has 2 aromatic carbocycles. The summed E-state index contributed by atoms with van der Waals surface area (Å²) in [7, 11) is 3.85. The Morgan fingerprint density at radius 1 is 1.06 bits per heavy atom. The highest BCUT2D eigenvalue weighted by atomic mass is 127. The third kappa shape index (κ3) is 7.28. The number of aliphatic hydroxyl groups excluding tert-OH is 1. The third-order valence-corrected chi connectivity index (χ3v) is 6.09. The molecule has 0 spiro atoms. The van der Waals surface area contributed by atoms with Crippen LogP contribution in [-0.2, 0) is 19.6 Å². The van der Waals surface area contributed by atoms with Gasteiger partial charge in [-0.1, -0.05) is 42.5 Å². The van der Waals surface area contributed by atoms with Gasteiger partial charge in [-0.3, -0.25) is 9.89 Å². The summed E-state index contributed by atoms with van der Waals surface area (Å²) < 4.78 is 1.90. The van der Waals surface area contributed by atoms with Gasteiger partial charge in [0.25, 0.3) is 0 Å². The van der Waals surface area contributed by atoms with Crippen molar-refractivity contribution in [2.75, 3.05) is 27.2 Å². The van der Waals surface area contributed by atoms with E-state index < -0.39 is 0 Å². The van der Waals surface area contributed by atoms with Gasteiger partial charge in [0.15, 0.2) is 5.96 Å². The fraction of sp³-hybridized carbons (Fsp3) is 0.385. The lowest BCUT2D eigenvalue weighted by Gasteiger charge is -2.29. The first kappa shape index (κ1) is 26.2. The van der Waals surface area contributed by atoms with Crippen molar-refractivity contribution >= 4 is 29.9 Å². The Kier molecular flexibility index (Phi) is 9.91. The number of aliphatic hydroxyl groups is 1. The van der Waals surface area contributed by atoms with Gasteiger partial charge in [0, 0.05) is 58.6 Å². The van der Waals surface area contributed by atoms with Crippen LogP contribution in [0, 0.1) is 0 Å². The summed E-state index contributed by atoms with van der Waals surface area (Å²) in [6.07, 6.45) is 5.59. The van der Waals surface area contributed by atoms with Crippen LogP contribution in [0.15, 0.2) is 72.0 Å². The van der Waals surface area contributed by atoms with Gasteiger partial charge < -0.3 is 15.3 Å². The summed E-state index contributed by atoms with van der Waals surface area (Å²) in [6.45, 7) is 4.32. The molecule has 1 fully saturated rings. The Labute approximate surface area is 219 Å². The zero-order valence-electron chi connectivity index (χ0n) is 20.0. The van der Waals surface area contributed by atoms with Gasteiger partial charge in [0.05, 0.1) is 18.0 Å². The number of hydrogen-bond donors (Lipinski definition) is 2. The molecule has 0 bridgehead atoms. The number of nitrogens with one attached hydrogen (secondary N) is 1. The summed E-state index contributed by atoms with van der Waals surface area (Å²) >= 11 is 0. The number of likely N-dealkylation sites (tertiary alicyclic amines) is 1. The van der Waals surface area contributed by atoms with Crippen molar-refractivity contribution in [2.45, 2.75) is 38.6 Å². The van der Waals surface area contributed by atoms with Crippen molar-refractivity contribution in [3.8, 4) is 5.69 Å². The quantitative estimate of drug-likeness (QED) is 0.256. The molecule has 0 radical (unpaired) electrons. The lowest BCUT2D eigenvalue weighted by Crippen LogP contribution is -2.38. The van der Waals surface area contributed by atoms with Crippen LogP contribution in [0.4, 0.5) is 0 Å². The van der Waals surface area contributed by atoms with Crippen LogP contribution in [0.25, 0.3) is 5.69 Å². The van der Waals surface area contributed by atoms with Gasteiger partial charge in [-0.2, -0.15) is 5.10 Å². The molecule has 7 nitrogen and oxygen atoms in total. The van der Waals surface area contributed by atoms with Crippen LogP contribution >= 0.6 is 24.0 Å². The summed E-state index contributed by atoms with van der Waals surface area (Å²) in [4.78, 5) is 8.96. The molecule has 182 valence electrons. The normalized spacial score (nSPS) is 15.1. The molecule has 0 atom stereocenters. The summed E-state index contributed by atoms with van der Waals surface area (Å²) in [5.41, 5.74) is 4.71. The lowest BCUT2D eigenvalue weighted by molar-refractivity contribution is 0.0792. The lowest BCUT2D eigenvalue weighted by atomic mass is 10.1. The number of rotatable bonds is 7. The van der Waals surface area contributed by atoms with Crippen LogP contribution in [0.1, 0.15) is 29.5 Å². The maximum absolute atomic E-state index is 9.67. The van der Waals surface area contributed by atoms with Gasteiger partial charge in [-0.05, 0) is 36.1 Å². The summed E-state index contributed by atoms with van der Waals surface area (Å²) in [5.74, 6) is 0.846. The molecular weight excluding hydrogens is 539 g/mol. The van der Waals surface area contributed by atoms with Crippen LogP contribution in [0.2, 0.25) is 0 Å². The fourth-order valence-electron chi connectivity index (χ4n) is 4.18. The predicted molar refractivity (Wildman–Crippen MR) is 148 cm³/mol. The van der Waals surface area contributed by atoms with E-state index in [-0.39, 0.29) is 30.1 Å². The fourth-order valence-corrected chi connectivity index (χ4v) is 4.18. The monoisotopic (exact) mass is 574 g/mol. The molecule has 0 saturated carbocycles. The smallest absolute Gasteiger partial charge is 0.193 e. The number of aliphatic imine (C=N–C) groups is 1. The highest BCUT2D eigenvalue weighted by Crippen LogP contribution is 2.14. The Bertz CT molecular complexity index is 1030. The van der Waals surface area contributed by atoms with Crippen LogP contribution in [0.3, 0.4) is 0 Å². The highest BCUT2D eigenvalue weighted by Gasteiger charge is 2.16. The molecule has 1 aliphatic heterocycles. The Balaban J connectivity index is 0.00000324. The van der Waals surface area contributed by atoms with Crippen LogP contribution in [-0.4, -0.2) is 63.9 Å². The maximum Gasteiger partial charge on any atom is 0.193 e. The van der Waals surface area contributed by atoms with Crippen molar-refractivity contribution in [1.82, 2.24) is 24.9 Å². The predicted octanol–water partition coefficient (Wildman–Crippen LogP) is 3.65. The van der Waals surface area contributed by atoms with Gasteiger partial charge in [0.2, 0.25) is 0 Å². The molecule has 1 saturated heterocycles. The van der Waals surface area contributed by atoms with Gasteiger partial charge in [0.1, 0.15) is 0 Å². The minimum absolute atomic E-state index is 0. The Morgan fingerprint density at radius 3 is 2.41 bits per heavy atom. The molecule has 1 aromatic heterocycles. The second-order valence-corrected chi connectivity index (χ2v) is 8.71. The first-order valence-corrected chi connectivity index (χ1v) is 11.6. The molecular formula is C26H35IN6O. The van der Waals surface area contributed by atoms with E-state index in [1.54, 1.807) is 0 Å². The molecule has 0 unspecified atom stereocenters. The number of nitrogens with zero attached hydrogens (tertiary/aromatic N) is 5. The molecule has 4 rings (SSSR count). The van der Waals surface area contributed by atoms with Gasteiger partial charge in [-0.15, -0.1) is 24.0 Å². The second kappa shape index (κ2) is 12.9. The molecule has 2 heterocycles. The van der Waals surface area contributed by atoms with Crippen molar-refractivity contribution in [2.24, 2.45) is 4.99 Å². The molecule has 34 heavy (non-hydrogen) atoms. The van der Waals surface area contributed by atoms with E-state index in [0.29, 0.717) is 0 Å². The second-order valence-electron chi connectivity index (χ2n) is 8.71. The average molecular weight is 575 g/mol. The minimum atomic E-state index is -0.123. The zero-order chi connectivity index (χ0) is 23.0.